The molecule has 6 nitrogen and oxygen atoms in total. The Bertz CT molecular complexity index is 712. The van der Waals surface area contributed by atoms with E-state index < -0.39 is 14.9 Å². The predicted octanol–water partition coefficient (Wildman–Crippen LogP) is 2.42. The topological polar surface area (TPSA) is 80.5 Å². The lowest BCUT2D eigenvalue weighted by Gasteiger charge is -2.19. The average Bonchev–Trinajstić information content (AvgIpc) is 2.47. The van der Waals surface area contributed by atoms with E-state index >= 15 is 0 Å². The van der Waals surface area contributed by atoms with Gasteiger partial charge < -0.3 is 0 Å². The van der Waals surface area contributed by atoms with Gasteiger partial charge in [0.2, 0.25) is 0 Å². The van der Waals surface area contributed by atoms with Crippen LogP contribution in [0.25, 0.3) is 0 Å². The number of benzene rings is 2. The van der Waals surface area contributed by atoms with Gasteiger partial charge in [-0.1, -0.05) is 18.2 Å². The van der Waals surface area contributed by atoms with Crippen LogP contribution in [0.3, 0.4) is 0 Å². The Morgan fingerprint density at radius 1 is 1.00 bits per heavy atom. The van der Waals surface area contributed by atoms with Crippen molar-refractivity contribution in [2.45, 2.75) is 4.90 Å². The monoisotopic (exact) mass is 292 g/mol. The zero-order chi connectivity index (χ0) is 14.8. The Balaban J connectivity index is 2.36. The van der Waals surface area contributed by atoms with Crippen LogP contribution in [-0.2, 0) is 10.0 Å². The second-order valence-electron chi connectivity index (χ2n) is 4.06. The number of rotatable bonds is 4. The third-order valence-electron chi connectivity index (χ3n) is 2.83. The van der Waals surface area contributed by atoms with E-state index in [1.165, 1.54) is 43.4 Å². The van der Waals surface area contributed by atoms with E-state index in [1.54, 1.807) is 18.2 Å². The summed E-state index contributed by atoms with van der Waals surface area (Å²) in [5.74, 6) is 0. The molecular formula is C13H12N2O4S. The Labute approximate surface area is 116 Å². The van der Waals surface area contributed by atoms with Crippen LogP contribution in [0.1, 0.15) is 0 Å². The number of nitro benzene ring substituents is 1. The highest BCUT2D eigenvalue weighted by molar-refractivity contribution is 7.92. The summed E-state index contributed by atoms with van der Waals surface area (Å²) in [5, 5.41) is 10.6. The van der Waals surface area contributed by atoms with Gasteiger partial charge in [0, 0.05) is 19.2 Å². The lowest BCUT2D eigenvalue weighted by atomic mass is 10.3. The van der Waals surface area contributed by atoms with Crippen LogP contribution in [0, 0.1) is 10.1 Å². The molecule has 0 aliphatic heterocycles. The summed E-state index contributed by atoms with van der Waals surface area (Å²) in [6, 6.07) is 13.3. The molecule has 2 rings (SSSR count). The molecule has 2 aromatic rings. The van der Waals surface area contributed by atoms with Crippen LogP contribution < -0.4 is 4.31 Å². The second-order valence-corrected chi connectivity index (χ2v) is 6.03. The van der Waals surface area contributed by atoms with Gasteiger partial charge >= 0.3 is 0 Å². The Morgan fingerprint density at radius 3 is 2.05 bits per heavy atom. The molecule has 0 spiro atoms. The Kier molecular flexibility index (Phi) is 3.71. The second kappa shape index (κ2) is 5.30. The molecule has 0 unspecified atom stereocenters. The van der Waals surface area contributed by atoms with Crippen molar-refractivity contribution in [3.63, 3.8) is 0 Å². The molecule has 0 fully saturated rings. The maximum atomic E-state index is 12.3. The summed E-state index contributed by atoms with van der Waals surface area (Å²) in [4.78, 5) is 10.2. The van der Waals surface area contributed by atoms with Gasteiger partial charge in [0.25, 0.3) is 15.7 Å². The smallest absolute Gasteiger partial charge is 0.269 e. The number of sulfonamides is 1. The van der Waals surface area contributed by atoms with E-state index in [2.05, 4.69) is 0 Å². The van der Waals surface area contributed by atoms with Gasteiger partial charge in [-0.25, -0.2) is 8.42 Å². The standard InChI is InChI=1S/C13H12N2O4S/c1-14(11-7-9-12(10-8-11)15(16)17)20(18,19)13-5-3-2-4-6-13/h2-10H,1H3. The number of hydrogen-bond acceptors (Lipinski definition) is 4. The highest BCUT2D eigenvalue weighted by Crippen LogP contribution is 2.23. The molecule has 0 amide bonds. The van der Waals surface area contributed by atoms with Gasteiger partial charge in [-0.2, -0.15) is 0 Å². The first-order chi connectivity index (χ1) is 9.43. The first-order valence-electron chi connectivity index (χ1n) is 5.71. The van der Waals surface area contributed by atoms with E-state index in [-0.39, 0.29) is 10.6 Å². The van der Waals surface area contributed by atoms with E-state index in [0.29, 0.717) is 5.69 Å². The van der Waals surface area contributed by atoms with Crippen molar-refractivity contribution < 1.29 is 13.3 Å². The number of nitrogens with zero attached hydrogens (tertiary/aromatic N) is 2. The summed E-state index contributed by atoms with van der Waals surface area (Å²) in [7, 11) is -2.26. The number of nitro groups is 1. The fraction of sp³-hybridized carbons (Fsp3) is 0.0769. The summed E-state index contributed by atoms with van der Waals surface area (Å²) in [6.07, 6.45) is 0. The Morgan fingerprint density at radius 2 is 1.55 bits per heavy atom. The number of hydrogen-bond donors (Lipinski definition) is 0. The number of non-ortho nitro benzene ring substituents is 1. The van der Waals surface area contributed by atoms with Crippen LogP contribution in [-0.4, -0.2) is 20.4 Å². The molecule has 7 heteroatoms. The van der Waals surface area contributed by atoms with Gasteiger partial charge in [0.15, 0.2) is 0 Å². The van der Waals surface area contributed by atoms with Crippen LogP contribution in [0.15, 0.2) is 59.5 Å². The summed E-state index contributed by atoms with van der Waals surface area (Å²) in [5.41, 5.74) is 0.277. The van der Waals surface area contributed by atoms with Crippen LogP contribution in [0.5, 0.6) is 0 Å². The van der Waals surface area contributed by atoms with Crippen molar-refractivity contribution in [3.05, 3.63) is 64.7 Å². The summed E-state index contributed by atoms with van der Waals surface area (Å²) < 4.78 is 25.8. The molecule has 0 heterocycles. The van der Waals surface area contributed by atoms with Gasteiger partial charge in [0.05, 0.1) is 15.5 Å². The lowest BCUT2D eigenvalue weighted by molar-refractivity contribution is -0.384. The first kappa shape index (κ1) is 14.0. The fourth-order valence-corrected chi connectivity index (χ4v) is 2.89. The molecule has 0 aliphatic carbocycles. The quantitative estimate of drug-likeness (QED) is 0.640. The maximum absolute atomic E-state index is 12.3. The minimum Gasteiger partial charge on any atom is -0.269 e. The predicted molar refractivity (Wildman–Crippen MR) is 75.1 cm³/mol. The first-order valence-corrected chi connectivity index (χ1v) is 7.15. The zero-order valence-corrected chi connectivity index (χ0v) is 11.4. The van der Waals surface area contributed by atoms with Crippen molar-refractivity contribution in [1.82, 2.24) is 0 Å². The molecule has 0 N–H and O–H groups in total. The van der Waals surface area contributed by atoms with Crippen molar-refractivity contribution >= 4 is 21.4 Å². The van der Waals surface area contributed by atoms with Crippen molar-refractivity contribution in [3.8, 4) is 0 Å². The molecule has 104 valence electrons. The summed E-state index contributed by atoms with van der Waals surface area (Å²) >= 11 is 0. The largest absolute Gasteiger partial charge is 0.269 e. The minimum absolute atomic E-state index is 0.0840. The van der Waals surface area contributed by atoms with Crippen LogP contribution in [0.2, 0.25) is 0 Å². The third kappa shape index (κ3) is 2.62. The van der Waals surface area contributed by atoms with Crippen molar-refractivity contribution in [2.75, 3.05) is 11.4 Å². The lowest BCUT2D eigenvalue weighted by Crippen LogP contribution is -2.26. The highest BCUT2D eigenvalue weighted by atomic mass is 32.2. The molecule has 0 atom stereocenters. The molecule has 2 aromatic carbocycles. The highest BCUT2D eigenvalue weighted by Gasteiger charge is 2.21. The average molecular weight is 292 g/mol. The SMILES string of the molecule is CN(c1ccc([N+](=O)[O-])cc1)S(=O)(=O)c1ccccc1. The summed E-state index contributed by atoms with van der Waals surface area (Å²) in [6.45, 7) is 0. The molecule has 0 radical (unpaired) electrons. The molecule has 0 aromatic heterocycles. The van der Waals surface area contributed by atoms with Crippen molar-refractivity contribution in [1.29, 1.82) is 0 Å². The van der Waals surface area contributed by atoms with E-state index in [9.17, 15) is 18.5 Å². The van der Waals surface area contributed by atoms with E-state index in [0.717, 1.165) is 4.31 Å². The van der Waals surface area contributed by atoms with Gasteiger partial charge in [-0.05, 0) is 24.3 Å². The van der Waals surface area contributed by atoms with Gasteiger partial charge in [-0.3, -0.25) is 14.4 Å². The van der Waals surface area contributed by atoms with Crippen LogP contribution >= 0.6 is 0 Å². The third-order valence-corrected chi connectivity index (χ3v) is 4.63. The zero-order valence-electron chi connectivity index (χ0n) is 10.6. The maximum Gasteiger partial charge on any atom is 0.269 e. The molecular weight excluding hydrogens is 280 g/mol. The number of anilines is 1. The normalized spacial score (nSPS) is 11.1. The van der Waals surface area contributed by atoms with E-state index in [1.807, 2.05) is 0 Å². The Hall–Kier alpha value is -2.41. The van der Waals surface area contributed by atoms with Crippen molar-refractivity contribution in [2.24, 2.45) is 0 Å². The fourth-order valence-electron chi connectivity index (χ4n) is 1.67. The molecule has 0 aliphatic rings. The van der Waals surface area contributed by atoms with Gasteiger partial charge in [-0.15, -0.1) is 0 Å². The van der Waals surface area contributed by atoms with Gasteiger partial charge in [0.1, 0.15) is 0 Å². The molecule has 0 bridgehead atoms. The molecule has 0 saturated heterocycles. The van der Waals surface area contributed by atoms with E-state index in [4.69, 9.17) is 0 Å². The molecule has 0 saturated carbocycles. The molecule has 20 heavy (non-hydrogen) atoms. The van der Waals surface area contributed by atoms with Crippen LogP contribution in [0.4, 0.5) is 11.4 Å². The minimum atomic E-state index is -3.66.